The highest BCUT2D eigenvalue weighted by Gasteiger charge is 2.43. The van der Waals surface area contributed by atoms with E-state index in [1.807, 2.05) is 19.2 Å². The van der Waals surface area contributed by atoms with Gasteiger partial charge in [0.1, 0.15) is 6.67 Å². The van der Waals surface area contributed by atoms with E-state index in [0.29, 0.717) is 0 Å². The highest BCUT2D eigenvalue weighted by atomic mass is 32.1. The first kappa shape index (κ1) is 21.4. The fourth-order valence-electron chi connectivity index (χ4n) is 4.15. The molecule has 154 valence electrons. The maximum atomic E-state index is 12.9. The predicted molar refractivity (Wildman–Crippen MR) is 115 cm³/mol. The molecule has 0 radical (unpaired) electrons. The van der Waals surface area contributed by atoms with Gasteiger partial charge in [-0.3, -0.25) is 9.88 Å². The van der Waals surface area contributed by atoms with Crippen molar-refractivity contribution in [3.63, 3.8) is 0 Å². The van der Waals surface area contributed by atoms with Crippen molar-refractivity contribution in [2.45, 2.75) is 59.2 Å². The molecule has 1 saturated heterocycles. The van der Waals surface area contributed by atoms with E-state index in [9.17, 15) is 4.39 Å². The zero-order chi connectivity index (χ0) is 20.2. The summed E-state index contributed by atoms with van der Waals surface area (Å²) in [6.45, 7) is 12.0. The Morgan fingerprint density at radius 3 is 2.68 bits per heavy atom. The summed E-state index contributed by atoms with van der Waals surface area (Å²) in [6.07, 6.45) is 5.23. The zero-order valence-corrected chi connectivity index (χ0v) is 18.4. The first-order valence-electron chi connectivity index (χ1n) is 10.3. The van der Waals surface area contributed by atoms with E-state index in [2.05, 4.69) is 48.9 Å². The minimum Gasteiger partial charge on any atom is -0.381 e. The average molecular weight is 405 g/mol. The standard InChI is InChI=1S/C23H33FN2OS/c1-5-27-17-23(11-10-20-8-9-21(14-24)28-20)12-13-26(16-23)22(3,4)19-7-6-18(2)25-15-19/h6-9,15H,5,10-14,16-17H2,1-4H3. The second-order valence-corrected chi connectivity index (χ2v) is 9.81. The van der Waals surface area contributed by atoms with E-state index in [1.165, 1.54) is 10.4 Å². The van der Waals surface area contributed by atoms with E-state index in [4.69, 9.17) is 4.74 Å². The number of halogens is 1. The Kier molecular flexibility index (Phi) is 6.89. The van der Waals surface area contributed by atoms with Gasteiger partial charge in [-0.2, -0.15) is 0 Å². The van der Waals surface area contributed by atoms with Gasteiger partial charge in [-0.15, -0.1) is 11.3 Å². The highest BCUT2D eigenvalue weighted by Crippen LogP contribution is 2.42. The summed E-state index contributed by atoms with van der Waals surface area (Å²) in [5, 5.41) is 0. The van der Waals surface area contributed by atoms with Gasteiger partial charge in [-0.25, -0.2) is 4.39 Å². The molecule has 3 nitrogen and oxygen atoms in total. The third-order valence-electron chi connectivity index (χ3n) is 6.21. The van der Waals surface area contributed by atoms with Crippen molar-refractivity contribution in [2.24, 2.45) is 5.41 Å². The molecule has 1 atom stereocenters. The minimum absolute atomic E-state index is 0.0566. The van der Waals surface area contributed by atoms with Gasteiger partial charge in [-0.05, 0) is 77.3 Å². The lowest BCUT2D eigenvalue weighted by Gasteiger charge is -2.38. The lowest BCUT2D eigenvalue weighted by Crippen LogP contribution is -2.42. The highest BCUT2D eigenvalue weighted by molar-refractivity contribution is 7.11. The smallest absolute Gasteiger partial charge is 0.124 e. The second kappa shape index (κ2) is 9.02. The topological polar surface area (TPSA) is 25.4 Å². The Morgan fingerprint density at radius 2 is 2.04 bits per heavy atom. The zero-order valence-electron chi connectivity index (χ0n) is 17.6. The molecule has 0 aliphatic carbocycles. The number of likely N-dealkylation sites (tertiary alicyclic amines) is 1. The number of alkyl halides is 1. The van der Waals surface area contributed by atoms with E-state index < -0.39 is 0 Å². The van der Waals surface area contributed by atoms with Gasteiger partial charge in [0.25, 0.3) is 0 Å². The van der Waals surface area contributed by atoms with Gasteiger partial charge in [0.2, 0.25) is 0 Å². The summed E-state index contributed by atoms with van der Waals surface area (Å²) in [6, 6.07) is 8.31. The van der Waals surface area contributed by atoms with Crippen LogP contribution in [0.3, 0.4) is 0 Å². The summed E-state index contributed by atoms with van der Waals surface area (Å²) in [5.41, 5.74) is 2.41. The normalized spacial score (nSPS) is 20.8. The Morgan fingerprint density at radius 1 is 1.25 bits per heavy atom. The Labute approximate surface area is 172 Å². The summed E-state index contributed by atoms with van der Waals surface area (Å²) in [5.74, 6) is 0. The van der Waals surface area contributed by atoms with Gasteiger partial charge >= 0.3 is 0 Å². The summed E-state index contributed by atoms with van der Waals surface area (Å²) in [4.78, 5) is 9.20. The van der Waals surface area contributed by atoms with Crippen LogP contribution < -0.4 is 0 Å². The van der Waals surface area contributed by atoms with Crippen LogP contribution in [0.1, 0.15) is 54.6 Å². The van der Waals surface area contributed by atoms with E-state index in [0.717, 1.165) is 56.1 Å². The van der Waals surface area contributed by atoms with E-state index in [-0.39, 0.29) is 17.6 Å². The molecule has 0 spiro atoms. The quantitative estimate of drug-likeness (QED) is 0.550. The van der Waals surface area contributed by atoms with Crippen molar-refractivity contribution in [1.29, 1.82) is 0 Å². The number of aryl methyl sites for hydroxylation is 2. The van der Waals surface area contributed by atoms with Crippen LogP contribution in [0, 0.1) is 12.3 Å². The van der Waals surface area contributed by atoms with Crippen LogP contribution in [0.5, 0.6) is 0 Å². The number of nitrogens with zero attached hydrogens (tertiary/aromatic N) is 2. The Hall–Kier alpha value is -1.30. The van der Waals surface area contributed by atoms with Gasteiger partial charge in [0.15, 0.2) is 0 Å². The molecule has 3 rings (SSSR count). The second-order valence-electron chi connectivity index (χ2n) is 8.56. The molecule has 2 aromatic rings. The Balaban J connectivity index is 1.72. The van der Waals surface area contributed by atoms with E-state index >= 15 is 0 Å². The molecule has 0 aromatic carbocycles. The van der Waals surface area contributed by atoms with Gasteiger partial charge in [-0.1, -0.05) is 6.07 Å². The number of pyridine rings is 1. The molecule has 2 aromatic heterocycles. The number of aromatic nitrogens is 1. The molecule has 0 bridgehead atoms. The molecule has 1 aliphatic heterocycles. The molecule has 0 saturated carbocycles. The number of hydrogen-bond acceptors (Lipinski definition) is 4. The number of hydrogen-bond donors (Lipinski definition) is 0. The predicted octanol–water partition coefficient (Wildman–Crippen LogP) is 5.52. The molecule has 1 fully saturated rings. The van der Waals surface area contributed by atoms with E-state index in [1.54, 1.807) is 11.3 Å². The summed E-state index contributed by atoms with van der Waals surface area (Å²) < 4.78 is 18.8. The largest absolute Gasteiger partial charge is 0.381 e. The van der Waals surface area contributed by atoms with Crippen molar-refractivity contribution in [3.05, 3.63) is 51.5 Å². The van der Waals surface area contributed by atoms with Crippen molar-refractivity contribution in [2.75, 3.05) is 26.3 Å². The van der Waals surface area contributed by atoms with Crippen molar-refractivity contribution in [3.8, 4) is 0 Å². The first-order chi connectivity index (χ1) is 13.4. The van der Waals surface area contributed by atoms with Gasteiger partial charge in [0, 0.05) is 45.8 Å². The van der Waals surface area contributed by atoms with Crippen LogP contribution in [-0.4, -0.2) is 36.2 Å². The average Bonchev–Trinajstić information content (AvgIpc) is 3.33. The van der Waals surface area contributed by atoms with Crippen LogP contribution >= 0.6 is 11.3 Å². The third kappa shape index (κ3) is 4.81. The van der Waals surface area contributed by atoms with Crippen LogP contribution in [0.25, 0.3) is 0 Å². The Bertz CT molecular complexity index is 758. The summed E-state index contributed by atoms with van der Waals surface area (Å²) >= 11 is 1.61. The maximum absolute atomic E-state index is 12.9. The monoisotopic (exact) mass is 404 g/mol. The van der Waals surface area contributed by atoms with Crippen LogP contribution in [0.4, 0.5) is 4.39 Å². The van der Waals surface area contributed by atoms with Crippen molar-refractivity contribution < 1.29 is 9.13 Å². The fraction of sp³-hybridized carbons (Fsp3) is 0.609. The molecule has 0 amide bonds. The summed E-state index contributed by atoms with van der Waals surface area (Å²) in [7, 11) is 0. The molecular weight excluding hydrogens is 371 g/mol. The molecule has 28 heavy (non-hydrogen) atoms. The molecular formula is C23H33FN2OS. The molecule has 1 aliphatic rings. The van der Waals surface area contributed by atoms with Gasteiger partial charge < -0.3 is 4.74 Å². The van der Waals surface area contributed by atoms with Crippen LogP contribution in [0.15, 0.2) is 30.5 Å². The lowest BCUT2D eigenvalue weighted by atomic mass is 9.82. The molecule has 3 heterocycles. The fourth-order valence-corrected chi connectivity index (χ4v) is 5.02. The number of ether oxygens (including phenoxy) is 1. The van der Waals surface area contributed by atoms with Crippen LogP contribution in [-0.2, 0) is 23.4 Å². The minimum atomic E-state index is -0.360. The van der Waals surface area contributed by atoms with Crippen molar-refractivity contribution in [1.82, 2.24) is 9.88 Å². The molecule has 0 N–H and O–H groups in total. The third-order valence-corrected chi connectivity index (χ3v) is 7.32. The maximum Gasteiger partial charge on any atom is 0.124 e. The van der Waals surface area contributed by atoms with Crippen molar-refractivity contribution >= 4 is 11.3 Å². The number of rotatable bonds is 9. The lowest BCUT2D eigenvalue weighted by molar-refractivity contribution is 0.0386. The molecule has 1 unspecified atom stereocenters. The molecule has 5 heteroatoms. The SMILES string of the molecule is CCOCC1(CCc2ccc(CF)s2)CCN(C(C)(C)c2ccc(C)nc2)C1. The number of thiophene rings is 1. The van der Waals surface area contributed by atoms with Crippen LogP contribution in [0.2, 0.25) is 0 Å². The van der Waals surface area contributed by atoms with Gasteiger partial charge in [0.05, 0.1) is 6.61 Å². The first-order valence-corrected chi connectivity index (χ1v) is 11.1.